The number of rotatable bonds is 5. The lowest BCUT2D eigenvalue weighted by molar-refractivity contribution is -0.149. The van der Waals surface area contributed by atoms with Crippen molar-refractivity contribution < 1.29 is 14.7 Å². The smallest absolute Gasteiger partial charge is 0.311 e. The third kappa shape index (κ3) is 2.92. The quantitative estimate of drug-likeness (QED) is 0.771. The van der Waals surface area contributed by atoms with Crippen molar-refractivity contribution in [1.29, 1.82) is 0 Å². The molecular weight excluding hydrogens is 256 g/mol. The third-order valence-electron chi connectivity index (χ3n) is 4.05. The van der Waals surface area contributed by atoms with Crippen molar-refractivity contribution in [3.05, 3.63) is 29.3 Å². The van der Waals surface area contributed by atoms with Gasteiger partial charge in [0.05, 0.1) is 5.41 Å². The number of amides is 1. The molecule has 0 saturated heterocycles. The summed E-state index contributed by atoms with van der Waals surface area (Å²) in [6.07, 6.45) is 0. The van der Waals surface area contributed by atoms with Gasteiger partial charge in [-0.05, 0) is 58.4 Å². The van der Waals surface area contributed by atoms with Crippen LogP contribution in [-0.4, -0.2) is 22.5 Å². The van der Waals surface area contributed by atoms with Crippen LogP contribution in [0.3, 0.4) is 0 Å². The first-order chi connectivity index (χ1) is 8.99. The predicted octanol–water partition coefficient (Wildman–Crippen LogP) is 2.40. The Morgan fingerprint density at radius 1 is 1.20 bits per heavy atom. The summed E-state index contributed by atoms with van der Waals surface area (Å²) in [7, 11) is 0. The highest BCUT2D eigenvalue weighted by molar-refractivity contribution is 5.94. The van der Waals surface area contributed by atoms with Crippen molar-refractivity contribution in [3.8, 4) is 0 Å². The average Bonchev–Trinajstić information content (AvgIpc) is 2.27. The van der Waals surface area contributed by atoms with E-state index in [-0.39, 0.29) is 0 Å². The molecule has 0 atom stereocenters. The van der Waals surface area contributed by atoms with E-state index in [0.717, 1.165) is 11.3 Å². The van der Waals surface area contributed by atoms with Gasteiger partial charge in [0, 0.05) is 16.8 Å². The molecule has 4 N–H and O–H groups in total. The lowest BCUT2D eigenvalue weighted by Crippen LogP contribution is -2.50. The van der Waals surface area contributed by atoms with E-state index < -0.39 is 22.8 Å². The van der Waals surface area contributed by atoms with Crippen LogP contribution in [0.2, 0.25) is 0 Å². The molecule has 0 aromatic heterocycles. The maximum absolute atomic E-state index is 11.4. The summed E-state index contributed by atoms with van der Waals surface area (Å²) in [4.78, 5) is 22.6. The van der Waals surface area contributed by atoms with Crippen LogP contribution in [0.4, 0.5) is 5.69 Å². The maximum Gasteiger partial charge on any atom is 0.311 e. The van der Waals surface area contributed by atoms with Crippen LogP contribution in [0, 0.1) is 12.3 Å². The van der Waals surface area contributed by atoms with Crippen molar-refractivity contribution in [2.75, 3.05) is 5.32 Å². The molecule has 5 heteroatoms. The first-order valence-electron chi connectivity index (χ1n) is 6.41. The van der Waals surface area contributed by atoms with E-state index in [4.69, 9.17) is 5.73 Å². The highest BCUT2D eigenvalue weighted by Gasteiger charge is 2.43. The van der Waals surface area contributed by atoms with Crippen molar-refractivity contribution in [1.82, 2.24) is 0 Å². The SMILES string of the molecule is Cc1cc(NC(C)(C)C(C)(C)C(=O)O)ccc1C(N)=O. The fourth-order valence-corrected chi connectivity index (χ4v) is 1.80. The number of hydrogen-bond donors (Lipinski definition) is 3. The number of benzene rings is 1. The number of nitrogens with one attached hydrogen (secondary N) is 1. The Hall–Kier alpha value is -2.04. The predicted molar refractivity (Wildman–Crippen MR) is 78.8 cm³/mol. The lowest BCUT2D eigenvalue weighted by atomic mass is 9.74. The van der Waals surface area contributed by atoms with Crippen LogP contribution in [-0.2, 0) is 4.79 Å². The number of anilines is 1. The fourth-order valence-electron chi connectivity index (χ4n) is 1.80. The first kappa shape index (κ1) is 16.0. The largest absolute Gasteiger partial charge is 0.481 e. The van der Waals surface area contributed by atoms with Crippen molar-refractivity contribution in [2.45, 2.75) is 40.2 Å². The topological polar surface area (TPSA) is 92.4 Å². The zero-order valence-corrected chi connectivity index (χ0v) is 12.6. The molecule has 0 aliphatic rings. The van der Waals surface area contributed by atoms with Gasteiger partial charge in [0.25, 0.3) is 0 Å². The monoisotopic (exact) mass is 278 g/mol. The van der Waals surface area contributed by atoms with E-state index in [1.165, 1.54) is 0 Å². The summed E-state index contributed by atoms with van der Waals surface area (Å²) in [5.74, 6) is -1.35. The van der Waals surface area contributed by atoms with Crippen LogP contribution < -0.4 is 11.1 Å². The Morgan fingerprint density at radius 2 is 1.75 bits per heavy atom. The highest BCUT2D eigenvalue weighted by Crippen LogP contribution is 2.34. The van der Waals surface area contributed by atoms with Gasteiger partial charge >= 0.3 is 5.97 Å². The number of carbonyl (C=O) groups is 2. The second-order valence-electron chi connectivity index (χ2n) is 6.07. The van der Waals surface area contributed by atoms with Crippen LogP contribution in [0.1, 0.15) is 43.6 Å². The van der Waals surface area contributed by atoms with Crippen molar-refractivity contribution in [3.63, 3.8) is 0 Å². The van der Waals surface area contributed by atoms with Crippen LogP contribution in [0.5, 0.6) is 0 Å². The average molecular weight is 278 g/mol. The Morgan fingerprint density at radius 3 is 2.15 bits per heavy atom. The van der Waals surface area contributed by atoms with E-state index in [1.54, 1.807) is 39.0 Å². The number of primary amides is 1. The summed E-state index contributed by atoms with van der Waals surface area (Å²) in [5.41, 5.74) is 5.62. The van der Waals surface area contributed by atoms with Gasteiger partial charge in [-0.1, -0.05) is 0 Å². The molecule has 110 valence electrons. The van der Waals surface area contributed by atoms with E-state index in [1.807, 2.05) is 13.8 Å². The summed E-state index contributed by atoms with van der Waals surface area (Å²) >= 11 is 0. The molecule has 1 amide bonds. The highest BCUT2D eigenvalue weighted by atomic mass is 16.4. The first-order valence-corrected chi connectivity index (χ1v) is 6.41. The molecule has 1 aromatic carbocycles. The lowest BCUT2D eigenvalue weighted by Gasteiger charge is -2.39. The van der Waals surface area contributed by atoms with Gasteiger partial charge in [-0.3, -0.25) is 9.59 Å². The van der Waals surface area contributed by atoms with Gasteiger partial charge in [-0.25, -0.2) is 0 Å². The minimum absolute atomic E-state index is 0.464. The molecule has 1 aromatic rings. The molecule has 0 aliphatic heterocycles. The summed E-state index contributed by atoms with van der Waals surface area (Å²) in [5, 5.41) is 12.5. The maximum atomic E-state index is 11.4. The number of carboxylic acid groups (broad SMARTS) is 1. The normalized spacial score (nSPS) is 12.1. The summed E-state index contributed by atoms with van der Waals surface area (Å²) in [6.45, 7) is 8.80. The van der Waals surface area contributed by atoms with Gasteiger partial charge in [-0.2, -0.15) is 0 Å². The van der Waals surface area contributed by atoms with Crippen LogP contribution in [0.15, 0.2) is 18.2 Å². The number of nitrogens with two attached hydrogens (primary N) is 1. The number of aryl methyl sites for hydroxylation is 1. The molecule has 0 heterocycles. The molecule has 0 unspecified atom stereocenters. The molecular formula is C15H22N2O3. The second-order valence-corrected chi connectivity index (χ2v) is 6.07. The zero-order valence-electron chi connectivity index (χ0n) is 12.6. The minimum atomic E-state index is -0.955. The van der Waals surface area contributed by atoms with Crippen LogP contribution in [0.25, 0.3) is 0 Å². The molecule has 0 bridgehead atoms. The molecule has 1 rings (SSSR count). The fraction of sp³-hybridized carbons (Fsp3) is 0.467. The second kappa shape index (κ2) is 5.15. The number of hydrogen-bond acceptors (Lipinski definition) is 3. The molecule has 0 spiro atoms. The Bertz CT molecular complexity index is 548. The van der Waals surface area contributed by atoms with Gasteiger partial charge in [0.1, 0.15) is 0 Å². The van der Waals surface area contributed by atoms with Gasteiger partial charge in [0.15, 0.2) is 0 Å². The number of carboxylic acids is 1. The van der Waals surface area contributed by atoms with Gasteiger partial charge in [-0.15, -0.1) is 0 Å². The van der Waals surface area contributed by atoms with Gasteiger partial charge in [0.2, 0.25) is 5.91 Å². The van der Waals surface area contributed by atoms with Crippen molar-refractivity contribution in [2.24, 2.45) is 11.1 Å². The number of carbonyl (C=O) groups excluding carboxylic acids is 1. The van der Waals surface area contributed by atoms with E-state index >= 15 is 0 Å². The van der Waals surface area contributed by atoms with Gasteiger partial charge < -0.3 is 16.2 Å². The summed E-state index contributed by atoms with van der Waals surface area (Å²) in [6, 6.07) is 5.16. The Kier molecular flexibility index (Phi) is 4.12. The molecule has 5 nitrogen and oxygen atoms in total. The van der Waals surface area contributed by atoms with E-state index in [9.17, 15) is 14.7 Å². The standard InChI is InChI=1S/C15H22N2O3/c1-9-8-10(6-7-11(9)12(16)18)17-15(4,5)14(2,3)13(19)20/h6-8,17H,1-5H3,(H2,16,18)(H,19,20). The molecule has 20 heavy (non-hydrogen) atoms. The molecule has 0 fully saturated rings. The van der Waals surface area contributed by atoms with E-state index in [0.29, 0.717) is 5.56 Å². The zero-order chi connectivity index (χ0) is 15.7. The summed E-state index contributed by atoms with van der Waals surface area (Å²) < 4.78 is 0. The third-order valence-corrected chi connectivity index (χ3v) is 4.05. The van der Waals surface area contributed by atoms with Crippen LogP contribution >= 0.6 is 0 Å². The molecule has 0 radical (unpaired) electrons. The molecule has 0 aliphatic carbocycles. The molecule has 0 saturated carbocycles. The Balaban J connectivity index is 3.08. The van der Waals surface area contributed by atoms with E-state index in [2.05, 4.69) is 5.32 Å². The number of aliphatic carboxylic acids is 1. The van der Waals surface area contributed by atoms with Crippen molar-refractivity contribution >= 4 is 17.6 Å². The minimum Gasteiger partial charge on any atom is -0.481 e. The Labute approximate surface area is 119 Å².